The highest BCUT2D eigenvalue weighted by Gasteiger charge is 2.15. The van der Waals surface area contributed by atoms with E-state index in [-0.39, 0.29) is 10.7 Å². The Morgan fingerprint density at radius 3 is 2.24 bits per heavy atom. The molecule has 0 aliphatic carbocycles. The lowest BCUT2D eigenvalue weighted by Crippen LogP contribution is -2.14. The van der Waals surface area contributed by atoms with Gasteiger partial charge in [-0.3, -0.25) is 4.72 Å². The van der Waals surface area contributed by atoms with Gasteiger partial charge in [0.2, 0.25) is 0 Å². The van der Waals surface area contributed by atoms with Gasteiger partial charge in [0.05, 0.1) is 4.90 Å². The van der Waals surface area contributed by atoms with Crippen LogP contribution in [0.5, 0.6) is 0 Å². The maximum absolute atomic E-state index is 12.3. The van der Waals surface area contributed by atoms with Crippen molar-refractivity contribution < 1.29 is 8.42 Å². The van der Waals surface area contributed by atoms with Gasteiger partial charge in [-0.2, -0.15) is 0 Å². The number of sulfonamides is 1. The van der Waals surface area contributed by atoms with E-state index < -0.39 is 10.0 Å². The molecule has 1 aromatic heterocycles. The molecule has 2 aromatic carbocycles. The van der Waals surface area contributed by atoms with Crippen molar-refractivity contribution in [3.8, 4) is 0 Å². The fourth-order valence-corrected chi connectivity index (χ4v) is 3.37. The lowest BCUT2D eigenvalue weighted by atomic mass is 10.2. The molecule has 2 N–H and O–H groups in total. The fourth-order valence-electron chi connectivity index (χ4n) is 2.07. The molecule has 0 radical (unpaired) electrons. The largest absolute Gasteiger partial charge is 0.339 e. The maximum atomic E-state index is 12.3. The molecule has 128 valence electrons. The number of nitrogens with one attached hydrogen (secondary N) is 2. The van der Waals surface area contributed by atoms with E-state index in [0.29, 0.717) is 10.8 Å². The molecule has 0 bridgehead atoms. The van der Waals surface area contributed by atoms with Gasteiger partial charge in [-0.15, -0.1) is 10.2 Å². The van der Waals surface area contributed by atoms with E-state index in [1.807, 2.05) is 31.2 Å². The second-order valence-corrected chi connectivity index (χ2v) is 7.48. The third-order valence-corrected chi connectivity index (χ3v) is 4.92. The van der Waals surface area contributed by atoms with E-state index in [2.05, 4.69) is 20.2 Å². The van der Waals surface area contributed by atoms with E-state index in [1.165, 1.54) is 18.2 Å². The first-order chi connectivity index (χ1) is 11.9. The molecule has 8 heteroatoms. The summed E-state index contributed by atoms with van der Waals surface area (Å²) >= 11 is 5.83. The highest BCUT2D eigenvalue weighted by atomic mass is 35.5. The van der Waals surface area contributed by atoms with Crippen LogP contribution in [0.2, 0.25) is 5.02 Å². The zero-order valence-electron chi connectivity index (χ0n) is 13.3. The Bertz CT molecular complexity index is 974. The molecule has 0 fully saturated rings. The van der Waals surface area contributed by atoms with Gasteiger partial charge >= 0.3 is 0 Å². The number of hydrogen-bond donors (Lipinski definition) is 2. The Kier molecular flexibility index (Phi) is 4.87. The minimum atomic E-state index is -3.77. The van der Waals surface area contributed by atoms with Crippen molar-refractivity contribution in [1.82, 2.24) is 10.2 Å². The Hall–Kier alpha value is -2.64. The van der Waals surface area contributed by atoms with Gasteiger partial charge in [0.25, 0.3) is 10.0 Å². The summed E-state index contributed by atoms with van der Waals surface area (Å²) in [6.07, 6.45) is 0. The average Bonchev–Trinajstić information content (AvgIpc) is 2.58. The second-order valence-electron chi connectivity index (χ2n) is 5.36. The van der Waals surface area contributed by atoms with Crippen molar-refractivity contribution in [2.24, 2.45) is 0 Å². The smallest absolute Gasteiger partial charge is 0.263 e. The summed E-state index contributed by atoms with van der Waals surface area (Å²) in [6.45, 7) is 2.00. The molecule has 3 aromatic rings. The van der Waals surface area contributed by atoms with Crippen LogP contribution in [-0.4, -0.2) is 18.6 Å². The first-order valence-corrected chi connectivity index (χ1v) is 9.24. The van der Waals surface area contributed by atoms with Crippen molar-refractivity contribution in [2.45, 2.75) is 11.8 Å². The van der Waals surface area contributed by atoms with Crippen LogP contribution in [0, 0.1) is 6.92 Å². The first-order valence-electron chi connectivity index (χ1n) is 7.38. The number of nitrogens with zero attached hydrogens (tertiary/aromatic N) is 2. The zero-order chi connectivity index (χ0) is 17.9. The molecule has 0 spiro atoms. The summed E-state index contributed by atoms with van der Waals surface area (Å²) in [5.74, 6) is 0.629. The Morgan fingerprint density at radius 2 is 1.60 bits per heavy atom. The number of benzene rings is 2. The number of halogens is 1. The Balaban J connectivity index is 1.73. The SMILES string of the molecule is Cc1ccc(Nc2ccc(NS(=O)(=O)c3cccc(Cl)c3)nn2)cc1. The standard InChI is InChI=1S/C17H15ClN4O2S/c1-12-5-7-14(8-6-12)19-16-9-10-17(21-20-16)22-25(23,24)15-4-2-3-13(18)11-15/h2-11H,1H3,(H,19,20)(H,21,22). The molecule has 0 saturated carbocycles. The highest BCUT2D eigenvalue weighted by molar-refractivity contribution is 7.92. The van der Waals surface area contributed by atoms with E-state index in [4.69, 9.17) is 11.6 Å². The summed E-state index contributed by atoms with van der Waals surface area (Å²) in [7, 11) is -3.77. The second kappa shape index (κ2) is 7.08. The summed E-state index contributed by atoms with van der Waals surface area (Å²) in [5.41, 5.74) is 2.02. The molecule has 0 saturated heterocycles. The molecule has 0 amide bonds. The van der Waals surface area contributed by atoms with Crippen molar-refractivity contribution in [1.29, 1.82) is 0 Å². The van der Waals surface area contributed by atoms with Crippen LogP contribution >= 0.6 is 11.6 Å². The monoisotopic (exact) mass is 374 g/mol. The van der Waals surface area contributed by atoms with Crippen molar-refractivity contribution in [3.63, 3.8) is 0 Å². The predicted octanol–water partition coefficient (Wildman–Crippen LogP) is 3.98. The van der Waals surface area contributed by atoms with Gasteiger partial charge in [0, 0.05) is 10.7 Å². The van der Waals surface area contributed by atoms with Crippen LogP contribution < -0.4 is 10.0 Å². The predicted molar refractivity (Wildman–Crippen MR) is 98.8 cm³/mol. The van der Waals surface area contributed by atoms with E-state index in [1.54, 1.807) is 18.2 Å². The van der Waals surface area contributed by atoms with Gasteiger partial charge in [0.15, 0.2) is 11.6 Å². The fraction of sp³-hybridized carbons (Fsp3) is 0.0588. The molecule has 0 aliphatic heterocycles. The van der Waals surface area contributed by atoms with Crippen molar-refractivity contribution >= 4 is 38.9 Å². The molecule has 25 heavy (non-hydrogen) atoms. The Morgan fingerprint density at radius 1 is 0.920 bits per heavy atom. The Labute approximate surface area is 150 Å². The quantitative estimate of drug-likeness (QED) is 0.705. The number of aryl methyl sites for hydroxylation is 1. The van der Waals surface area contributed by atoms with Crippen LogP contribution in [0.25, 0.3) is 0 Å². The van der Waals surface area contributed by atoms with Crippen LogP contribution in [-0.2, 0) is 10.0 Å². The van der Waals surface area contributed by atoms with Gasteiger partial charge in [-0.05, 0) is 49.4 Å². The maximum Gasteiger partial charge on any atom is 0.263 e. The molecule has 0 aliphatic rings. The minimum absolute atomic E-state index is 0.0589. The topological polar surface area (TPSA) is 84.0 Å². The van der Waals surface area contributed by atoms with Gasteiger partial charge in [-0.1, -0.05) is 35.4 Å². The minimum Gasteiger partial charge on any atom is -0.339 e. The summed E-state index contributed by atoms with van der Waals surface area (Å²) in [6, 6.07) is 17.0. The zero-order valence-corrected chi connectivity index (χ0v) is 14.8. The lowest BCUT2D eigenvalue weighted by molar-refractivity contribution is 0.601. The van der Waals surface area contributed by atoms with Crippen molar-refractivity contribution in [3.05, 3.63) is 71.2 Å². The van der Waals surface area contributed by atoms with Crippen LogP contribution in [0.15, 0.2) is 65.6 Å². The van der Waals surface area contributed by atoms with Gasteiger partial charge in [-0.25, -0.2) is 8.42 Å². The third kappa shape index (κ3) is 4.46. The molecular weight excluding hydrogens is 360 g/mol. The van der Waals surface area contributed by atoms with Gasteiger partial charge in [0.1, 0.15) is 0 Å². The van der Waals surface area contributed by atoms with Crippen LogP contribution in [0.1, 0.15) is 5.56 Å². The molecule has 6 nitrogen and oxygen atoms in total. The van der Waals surface area contributed by atoms with Crippen LogP contribution in [0.3, 0.4) is 0 Å². The number of anilines is 3. The number of rotatable bonds is 5. The van der Waals surface area contributed by atoms with Gasteiger partial charge < -0.3 is 5.32 Å². The average molecular weight is 375 g/mol. The molecule has 1 heterocycles. The molecule has 3 rings (SSSR count). The number of aromatic nitrogens is 2. The molecule has 0 atom stereocenters. The first kappa shape index (κ1) is 17.2. The summed E-state index contributed by atoms with van der Waals surface area (Å²) in [5, 5.41) is 11.3. The highest BCUT2D eigenvalue weighted by Crippen LogP contribution is 2.19. The van der Waals surface area contributed by atoms with Crippen LogP contribution in [0.4, 0.5) is 17.3 Å². The number of hydrogen-bond acceptors (Lipinski definition) is 5. The van der Waals surface area contributed by atoms with E-state index >= 15 is 0 Å². The molecular formula is C17H15ClN4O2S. The lowest BCUT2D eigenvalue weighted by Gasteiger charge is -2.08. The van der Waals surface area contributed by atoms with E-state index in [0.717, 1.165) is 11.3 Å². The summed E-state index contributed by atoms with van der Waals surface area (Å²) in [4.78, 5) is 0.0589. The summed E-state index contributed by atoms with van der Waals surface area (Å²) < 4.78 is 27.0. The van der Waals surface area contributed by atoms with Crippen molar-refractivity contribution in [2.75, 3.05) is 10.0 Å². The van der Waals surface area contributed by atoms with E-state index in [9.17, 15) is 8.42 Å². The third-order valence-electron chi connectivity index (χ3n) is 3.33. The molecule has 0 unspecified atom stereocenters. The normalized spacial score (nSPS) is 11.1.